The fourth-order valence-electron chi connectivity index (χ4n) is 3.41. The van der Waals surface area contributed by atoms with Gasteiger partial charge in [0.2, 0.25) is 0 Å². The zero-order chi connectivity index (χ0) is 16.7. The van der Waals surface area contributed by atoms with Crippen LogP contribution in [0, 0.1) is 6.92 Å². The lowest BCUT2D eigenvalue weighted by atomic mass is 9.86. The monoisotopic (exact) mass is 310 g/mol. The van der Waals surface area contributed by atoms with Crippen LogP contribution >= 0.6 is 0 Å². The minimum Gasteiger partial charge on any atom is -0.508 e. The molecule has 2 unspecified atom stereocenters. The van der Waals surface area contributed by atoms with E-state index in [0.717, 1.165) is 6.42 Å². The predicted octanol–water partition coefficient (Wildman–Crippen LogP) is 6.56. The van der Waals surface area contributed by atoms with Gasteiger partial charge in [0.1, 0.15) is 5.75 Å². The van der Waals surface area contributed by atoms with Crippen LogP contribution in [0.2, 0.25) is 0 Å². The summed E-state index contributed by atoms with van der Waals surface area (Å²) in [5, 5.41) is 9.44. The van der Waals surface area contributed by atoms with Gasteiger partial charge in [-0.2, -0.15) is 0 Å². The average molecular weight is 310 g/mol. The van der Waals surface area contributed by atoms with Gasteiger partial charge in [0.25, 0.3) is 0 Å². The highest BCUT2D eigenvalue weighted by Gasteiger charge is 2.13. The number of aromatic hydroxyl groups is 1. The Morgan fingerprint density at radius 1 is 0.739 bits per heavy atom. The highest BCUT2D eigenvalue weighted by Crippen LogP contribution is 2.31. The molecule has 0 bridgehead atoms. The molecular weight excluding hydrogens is 280 g/mol. The zero-order valence-corrected chi connectivity index (χ0v) is 14.8. The summed E-state index contributed by atoms with van der Waals surface area (Å²) in [4.78, 5) is 0. The van der Waals surface area contributed by atoms with E-state index in [9.17, 15) is 5.11 Å². The lowest BCUT2D eigenvalue weighted by molar-refractivity contribution is 0.473. The molecule has 0 aromatic heterocycles. The molecule has 2 aromatic carbocycles. The van der Waals surface area contributed by atoms with E-state index in [1.54, 1.807) is 12.1 Å². The van der Waals surface area contributed by atoms with Crippen molar-refractivity contribution in [3.8, 4) is 5.75 Å². The number of hydrogen-bond donors (Lipinski definition) is 1. The van der Waals surface area contributed by atoms with E-state index < -0.39 is 0 Å². The summed E-state index contributed by atoms with van der Waals surface area (Å²) in [6.07, 6.45) is 6.11. The average Bonchev–Trinajstić information content (AvgIpc) is 2.57. The standard InChI is InChI=1S/C22H30O/c1-4-18(20-11-9-17(3)10-12-20)7-6-8-19(5-2)21-13-15-22(23)16-14-21/h9-16,18-19,23H,4-8H2,1-3H3. The van der Waals surface area contributed by atoms with Gasteiger partial charge in [0, 0.05) is 0 Å². The molecule has 1 nitrogen and oxygen atoms in total. The summed E-state index contributed by atoms with van der Waals surface area (Å²) in [5.74, 6) is 1.63. The number of phenols is 1. The molecule has 2 atom stereocenters. The van der Waals surface area contributed by atoms with Crippen molar-refractivity contribution >= 4 is 0 Å². The number of phenolic OH excluding ortho intramolecular Hbond substituents is 1. The van der Waals surface area contributed by atoms with Crippen molar-refractivity contribution in [1.29, 1.82) is 0 Å². The lowest BCUT2D eigenvalue weighted by Gasteiger charge is -2.19. The summed E-state index contributed by atoms with van der Waals surface area (Å²) in [7, 11) is 0. The van der Waals surface area contributed by atoms with Crippen LogP contribution in [0.5, 0.6) is 5.75 Å². The fourth-order valence-corrected chi connectivity index (χ4v) is 3.41. The SMILES string of the molecule is CCC(CCCC(CC)c1ccc(O)cc1)c1ccc(C)cc1. The summed E-state index contributed by atoms with van der Waals surface area (Å²) in [6, 6.07) is 16.8. The number of benzene rings is 2. The third kappa shape index (κ3) is 5.13. The van der Waals surface area contributed by atoms with Gasteiger partial charge in [-0.25, -0.2) is 0 Å². The normalized spacial score (nSPS) is 13.7. The minimum atomic E-state index is 0.356. The molecule has 0 aliphatic carbocycles. The first-order valence-electron chi connectivity index (χ1n) is 8.99. The Kier molecular flexibility index (Phi) is 6.70. The van der Waals surface area contributed by atoms with Gasteiger partial charge in [-0.05, 0) is 67.7 Å². The van der Waals surface area contributed by atoms with Crippen LogP contribution < -0.4 is 0 Å². The molecule has 0 aliphatic rings. The molecule has 23 heavy (non-hydrogen) atoms. The van der Waals surface area contributed by atoms with Gasteiger partial charge in [0.15, 0.2) is 0 Å². The van der Waals surface area contributed by atoms with Gasteiger partial charge in [-0.3, -0.25) is 0 Å². The largest absolute Gasteiger partial charge is 0.508 e. The molecule has 0 heterocycles. The molecule has 0 saturated heterocycles. The Balaban J connectivity index is 1.90. The lowest BCUT2D eigenvalue weighted by Crippen LogP contribution is -2.01. The van der Waals surface area contributed by atoms with Crippen molar-refractivity contribution in [1.82, 2.24) is 0 Å². The Morgan fingerprint density at radius 3 is 1.61 bits per heavy atom. The summed E-state index contributed by atoms with van der Waals surface area (Å²) in [6.45, 7) is 6.70. The van der Waals surface area contributed by atoms with Crippen molar-refractivity contribution in [3.05, 3.63) is 65.2 Å². The van der Waals surface area contributed by atoms with E-state index in [-0.39, 0.29) is 0 Å². The Morgan fingerprint density at radius 2 is 1.17 bits per heavy atom. The number of rotatable bonds is 8. The zero-order valence-electron chi connectivity index (χ0n) is 14.8. The third-order valence-corrected chi connectivity index (χ3v) is 5.00. The maximum absolute atomic E-state index is 9.44. The van der Waals surface area contributed by atoms with Gasteiger partial charge in [0.05, 0.1) is 0 Å². The minimum absolute atomic E-state index is 0.356. The number of hydrogen-bond acceptors (Lipinski definition) is 1. The second kappa shape index (κ2) is 8.76. The van der Waals surface area contributed by atoms with Crippen molar-refractivity contribution in [3.63, 3.8) is 0 Å². The topological polar surface area (TPSA) is 20.2 Å². The predicted molar refractivity (Wildman–Crippen MR) is 99.2 cm³/mol. The van der Waals surface area contributed by atoms with Crippen molar-refractivity contribution in [2.75, 3.05) is 0 Å². The molecular formula is C22H30O. The van der Waals surface area contributed by atoms with Crippen LogP contribution in [0.15, 0.2) is 48.5 Å². The first kappa shape index (κ1) is 17.6. The van der Waals surface area contributed by atoms with Crippen LogP contribution in [-0.2, 0) is 0 Å². The summed E-state index contributed by atoms with van der Waals surface area (Å²) >= 11 is 0. The molecule has 2 aromatic rings. The second-order valence-corrected chi connectivity index (χ2v) is 6.64. The van der Waals surface area contributed by atoms with E-state index in [0.29, 0.717) is 17.6 Å². The quantitative estimate of drug-likeness (QED) is 0.585. The van der Waals surface area contributed by atoms with Crippen molar-refractivity contribution < 1.29 is 5.11 Å². The smallest absolute Gasteiger partial charge is 0.115 e. The molecule has 1 heteroatoms. The molecule has 0 aliphatic heterocycles. The Hall–Kier alpha value is -1.76. The van der Waals surface area contributed by atoms with Gasteiger partial charge < -0.3 is 5.11 Å². The highest BCUT2D eigenvalue weighted by molar-refractivity contribution is 5.28. The van der Waals surface area contributed by atoms with E-state index in [2.05, 4.69) is 57.2 Å². The molecule has 0 amide bonds. The van der Waals surface area contributed by atoms with Crippen molar-refractivity contribution in [2.45, 2.75) is 64.7 Å². The molecule has 2 rings (SSSR count). The van der Waals surface area contributed by atoms with E-state index in [1.807, 2.05) is 0 Å². The summed E-state index contributed by atoms with van der Waals surface area (Å²) < 4.78 is 0. The van der Waals surface area contributed by atoms with Gasteiger partial charge in [-0.15, -0.1) is 0 Å². The van der Waals surface area contributed by atoms with Crippen molar-refractivity contribution in [2.24, 2.45) is 0 Å². The van der Waals surface area contributed by atoms with E-state index >= 15 is 0 Å². The first-order valence-corrected chi connectivity index (χ1v) is 8.99. The Bertz CT molecular complexity index is 514. The molecule has 124 valence electrons. The molecule has 0 saturated carbocycles. The van der Waals surface area contributed by atoms with E-state index in [1.165, 1.54) is 42.4 Å². The van der Waals surface area contributed by atoms with Crippen LogP contribution in [0.4, 0.5) is 0 Å². The molecule has 1 N–H and O–H groups in total. The molecule has 0 fully saturated rings. The molecule has 0 spiro atoms. The van der Waals surface area contributed by atoms with Gasteiger partial charge in [-0.1, -0.05) is 62.2 Å². The third-order valence-electron chi connectivity index (χ3n) is 5.00. The maximum atomic E-state index is 9.44. The van der Waals surface area contributed by atoms with Crippen LogP contribution in [0.3, 0.4) is 0 Å². The van der Waals surface area contributed by atoms with E-state index in [4.69, 9.17) is 0 Å². The highest BCUT2D eigenvalue weighted by atomic mass is 16.3. The molecule has 0 radical (unpaired) electrons. The maximum Gasteiger partial charge on any atom is 0.115 e. The second-order valence-electron chi connectivity index (χ2n) is 6.64. The van der Waals surface area contributed by atoms with Crippen LogP contribution in [0.1, 0.15) is 74.5 Å². The van der Waals surface area contributed by atoms with Crippen LogP contribution in [0.25, 0.3) is 0 Å². The van der Waals surface area contributed by atoms with Gasteiger partial charge >= 0.3 is 0 Å². The van der Waals surface area contributed by atoms with Crippen LogP contribution in [-0.4, -0.2) is 5.11 Å². The number of aryl methyl sites for hydroxylation is 1. The Labute approximate surface area is 141 Å². The first-order chi connectivity index (χ1) is 11.1. The summed E-state index contributed by atoms with van der Waals surface area (Å²) in [5.41, 5.74) is 4.17. The fraction of sp³-hybridized carbons (Fsp3) is 0.455.